The number of hydrogen-bond donors (Lipinski definition) is 1. The number of nitrogens with one attached hydrogen (secondary N) is 1. The van der Waals surface area contributed by atoms with Crippen molar-refractivity contribution in [1.29, 1.82) is 0 Å². The zero-order valence-corrected chi connectivity index (χ0v) is 16.2. The van der Waals surface area contributed by atoms with Crippen LogP contribution in [-0.2, 0) is 0 Å². The van der Waals surface area contributed by atoms with E-state index in [4.69, 9.17) is 0 Å². The van der Waals surface area contributed by atoms with Gasteiger partial charge in [-0.3, -0.25) is 4.90 Å². The Bertz CT molecular complexity index is 644. The first-order valence-corrected chi connectivity index (χ1v) is 10.2. The molecule has 7 unspecified atom stereocenters. The first-order valence-electron chi connectivity index (χ1n) is 10.2. The van der Waals surface area contributed by atoms with Gasteiger partial charge in [-0.15, -0.1) is 0 Å². The molecule has 0 aromatic rings. The lowest BCUT2D eigenvalue weighted by molar-refractivity contribution is -0.0941. The maximum Gasteiger partial charge on any atom is 0.0419 e. The lowest BCUT2D eigenvalue weighted by Gasteiger charge is -2.59. The van der Waals surface area contributed by atoms with Crippen molar-refractivity contribution >= 4 is 0 Å². The summed E-state index contributed by atoms with van der Waals surface area (Å²) >= 11 is 0. The van der Waals surface area contributed by atoms with E-state index >= 15 is 0 Å². The van der Waals surface area contributed by atoms with Gasteiger partial charge in [-0.2, -0.15) is 0 Å². The molecular weight excluding hydrogens is 292 g/mol. The quantitative estimate of drug-likeness (QED) is 0.606. The lowest BCUT2D eigenvalue weighted by Crippen LogP contribution is -2.57. The third-order valence-electron chi connectivity index (χ3n) is 9.53. The van der Waals surface area contributed by atoms with Gasteiger partial charge in [-0.1, -0.05) is 44.1 Å². The molecular formula is C22H34N2. The van der Waals surface area contributed by atoms with Crippen LogP contribution in [0.2, 0.25) is 0 Å². The second-order valence-electron chi connectivity index (χ2n) is 10.0. The average Bonchev–Trinajstić information content (AvgIpc) is 3.26. The number of hydrogen-bond acceptors (Lipinski definition) is 2. The molecule has 1 spiro atoms. The normalized spacial score (nSPS) is 54.0. The van der Waals surface area contributed by atoms with E-state index < -0.39 is 0 Å². The van der Waals surface area contributed by atoms with Crippen LogP contribution in [0.1, 0.15) is 59.8 Å². The Labute approximate surface area is 147 Å². The Kier molecular flexibility index (Phi) is 2.98. The van der Waals surface area contributed by atoms with E-state index in [1.807, 2.05) is 5.57 Å². The summed E-state index contributed by atoms with van der Waals surface area (Å²) in [5.41, 5.74) is 5.00. The van der Waals surface area contributed by atoms with E-state index in [1.54, 1.807) is 5.57 Å². The molecule has 2 heteroatoms. The maximum atomic E-state index is 3.50. The van der Waals surface area contributed by atoms with Gasteiger partial charge in [0.25, 0.3) is 0 Å². The van der Waals surface area contributed by atoms with Crippen LogP contribution in [-0.4, -0.2) is 36.6 Å². The number of fused-ring (bicyclic) bond motifs is 2. The van der Waals surface area contributed by atoms with Crippen LogP contribution in [0.25, 0.3) is 0 Å². The van der Waals surface area contributed by atoms with Gasteiger partial charge < -0.3 is 5.32 Å². The van der Waals surface area contributed by atoms with Gasteiger partial charge in [-0.25, -0.2) is 0 Å². The summed E-state index contributed by atoms with van der Waals surface area (Å²) in [6.07, 6.45) is 12.1. The standard InChI is InChI=1S/C22H34N2/c1-14-8-11-22-15(2)9-10-21(12-16(14)22,20(22,3)4)19-7-6-17(23-5)18-13-24(18)19/h6-7,15,17-19,23H,8-13H2,1-5H3. The van der Waals surface area contributed by atoms with Gasteiger partial charge in [0, 0.05) is 30.1 Å². The second-order valence-corrected chi connectivity index (χ2v) is 10.0. The minimum atomic E-state index is 0.416. The third-order valence-corrected chi connectivity index (χ3v) is 9.53. The summed E-state index contributed by atoms with van der Waals surface area (Å²) in [5, 5.41) is 3.50. The van der Waals surface area contributed by atoms with Gasteiger partial charge >= 0.3 is 0 Å². The van der Waals surface area contributed by atoms with E-state index in [0.717, 1.165) is 12.0 Å². The Hall–Kier alpha value is -0.600. The molecule has 24 heavy (non-hydrogen) atoms. The molecule has 0 amide bonds. The number of nitrogens with zero attached hydrogens (tertiary/aromatic N) is 1. The Morgan fingerprint density at radius 3 is 2.75 bits per heavy atom. The van der Waals surface area contributed by atoms with E-state index in [1.165, 1.54) is 38.6 Å². The summed E-state index contributed by atoms with van der Waals surface area (Å²) < 4.78 is 0. The minimum Gasteiger partial charge on any atom is -0.312 e. The predicted molar refractivity (Wildman–Crippen MR) is 99.9 cm³/mol. The summed E-state index contributed by atoms with van der Waals surface area (Å²) in [5.74, 6) is 0.859. The summed E-state index contributed by atoms with van der Waals surface area (Å²) in [7, 11) is 2.11. The summed E-state index contributed by atoms with van der Waals surface area (Å²) in [4.78, 5) is 2.81. The van der Waals surface area contributed by atoms with Gasteiger partial charge in [0.1, 0.15) is 0 Å². The highest BCUT2D eigenvalue weighted by Gasteiger charge is 2.73. The first-order chi connectivity index (χ1) is 11.4. The number of allylic oxidation sites excluding steroid dienone is 2. The predicted octanol–water partition coefficient (Wildman–Crippen LogP) is 4.14. The maximum absolute atomic E-state index is 3.50. The molecule has 132 valence electrons. The fourth-order valence-corrected chi connectivity index (χ4v) is 8.01. The Morgan fingerprint density at radius 1 is 1.21 bits per heavy atom. The molecule has 0 aromatic carbocycles. The molecule has 0 aromatic heterocycles. The van der Waals surface area contributed by atoms with Gasteiger partial charge in [0.05, 0.1) is 0 Å². The van der Waals surface area contributed by atoms with Gasteiger partial charge in [0.15, 0.2) is 0 Å². The highest BCUT2D eigenvalue weighted by atomic mass is 15.4. The van der Waals surface area contributed by atoms with Crippen molar-refractivity contribution in [3.05, 3.63) is 23.3 Å². The fraction of sp³-hybridized carbons (Fsp3) is 0.818. The molecule has 0 radical (unpaired) electrons. The Morgan fingerprint density at radius 2 is 2.00 bits per heavy atom. The van der Waals surface area contributed by atoms with E-state index in [2.05, 4.69) is 57.1 Å². The Balaban J connectivity index is 1.63. The molecule has 2 saturated carbocycles. The van der Waals surface area contributed by atoms with Crippen molar-refractivity contribution in [2.24, 2.45) is 22.2 Å². The monoisotopic (exact) mass is 326 g/mol. The van der Waals surface area contributed by atoms with Crippen molar-refractivity contribution in [3.8, 4) is 0 Å². The summed E-state index contributed by atoms with van der Waals surface area (Å²) in [6, 6.07) is 1.98. The van der Waals surface area contributed by atoms with Crippen molar-refractivity contribution in [2.75, 3.05) is 13.6 Å². The van der Waals surface area contributed by atoms with Crippen molar-refractivity contribution in [1.82, 2.24) is 10.2 Å². The van der Waals surface area contributed by atoms with Crippen LogP contribution in [0, 0.1) is 22.2 Å². The van der Waals surface area contributed by atoms with Crippen LogP contribution in [0.3, 0.4) is 0 Å². The first kappa shape index (κ1) is 15.6. The SMILES string of the molecule is CNC1C=CC(C23CCC(C)C4(CCC(C)=C4C2)C3(C)C)N2CC12. The van der Waals surface area contributed by atoms with Crippen LogP contribution < -0.4 is 5.32 Å². The van der Waals surface area contributed by atoms with E-state index in [0.29, 0.717) is 28.3 Å². The largest absolute Gasteiger partial charge is 0.312 e. The highest BCUT2D eigenvalue weighted by molar-refractivity contribution is 5.43. The molecule has 2 heterocycles. The molecule has 2 nitrogen and oxygen atoms in total. The van der Waals surface area contributed by atoms with Crippen molar-refractivity contribution in [2.45, 2.75) is 77.9 Å². The molecule has 2 bridgehead atoms. The molecule has 1 saturated heterocycles. The fourth-order valence-electron chi connectivity index (χ4n) is 8.01. The molecule has 5 rings (SSSR count). The molecule has 3 fully saturated rings. The van der Waals surface area contributed by atoms with Crippen LogP contribution in [0.4, 0.5) is 0 Å². The van der Waals surface area contributed by atoms with Crippen LogP contribution >= 0.6 is 0 Å². The number of rotatable bonds is 2. The highest BCUT2D eigenvalue weighted by Crippen LogP contribution is 2.79. The van der Waals surface area contributed by atoms with Crippen LogP contribution in [0.5, 0.6) is 0 Å². The number of likely N-dealkylation sites (N-methyl/N-ethyl adjacent to an activating group) is 1. The third kappa shape index (κ3) is 1.49. The lowest BCUT2D eigenvalue weighted by atomic mass is 9.46. The molecule has 3 aliphatic carbocycles. The topological polar surface area (TPSA) is 15.0 Å². The smallest absolute Gasteiger partial charge is 0.0419 e. The van der Waals surface area contributed by atoms with Crippen molar-refractivity contribution < 1.29 is 0 Å². The molecule has 1 N–H and O–H groups in total. The van der Waals surface area contributed by atoms with Crippen molar-refractivity contribution in [3.63, 3.8) is 0 Å². The zero-order valence-electron chi connectivity index (χ0n) is 16.2. The van der Waals surface area contributed by atoms with Crippen LogP contribution in [0.15, 0.2) is 23.3 Å². The van der Waals surface area contributed by atoms with Gasteiger partial charge in [-0.05, 0) is 62.8 Å². The minimum absolute atomic E-state index is 0.416. The van der Waals surface area contributed by atoms with E-state index in [-0.39, 0.29) is 0 Å². The average molecular weight is 327 g/mol. The van der Waals surface area contributed by atoms with Gasteiger partial charge in [0.2, 0.25) is 0 Å². The molecule has 5 aliphatic rings. The molecule has 7 atom stereocenters. The zero-order chi connectivity index (χ0) is 16.9. The summed E-state index contributed by atoms with van der Waals surface area (Å²) in [6.45, 7) is 11.6. The van der Waals surface area contributed by atoms with E-state index in [9.17, 15) is 0 Å². The molecule has 2 aliphatic heterocycles. The second kappa shape index (κ2) is 4.57.